The first-order valence-electron chi connectivity index (χ1n) is 9.28. The molecular formula is C22H24FN3O2. The van der Waals surface area contributed by atoms with Crippen LogP contribution in [-0.2, 0) is 4.79 Å². The molecule has 1 fully saturated rings. The Bertz CT molecular complexity index is 885. The minimum Gasteiger partial charge on any atom is -0.336 e. The average Bonchev–Trinajstić information content (AvgIpc) is 2.68. The number of aryl methyl sites for hydroxylation is 1. The highest BCUT2D eigenvalue weighted by Gasteiger charge is 2.23. The number of rotatable bonds is 3. The molecule has 1 heterocycles. The first kappa shape index (κ1) is 19.6. The van der Waals surface area contributed by atoms with Gasteiger partial charge in [-0.05, 0) is 54.8 Å². The van der Waals surface area contributed by atoms with Gasteiger partial charge in [0.2, 0.25) is 5.91 Å². The molecule has 28 heavy (non-hydrogen) atoms. The van der Waals surface area contributed by atoms with E-state index in [1.165, 1.54) is 12.1 Å². The van der Waals surface area contributed by atoms with Crippen molar-refractivity contribution in [3.63, 3.8) is 0 Å². The zero-order valence-corrected chi connectivity index (χ0v) is 16.1. The summed E-state index contributed by atoms with van der Waals surface area (Å²) in [5, 5.41) is 2.90. The van der Waals surface area contributed by atoms with Crippen LogP contribution in [0.3, 0.4) is 0 Å². The van der Waals surface area contributed by atoms with Crippen LogP contribution in [0.2, 0.25) is 0 Å². The van der Waals surface area contributed by atoms with E-state index in [1.54, 1.807) is 28.0 Å². The van der Waals surface area contributed by atoms with Crippen molar-refractivity contribution < 1.29 is 14.0 Å². The number of allylic oxidation sites excluding steroid dienone is 1. The van der Waals surface area contributed by atoms with E-state index in [-0.39, 0.29) is 17.8 Å². The van der Waals surface area contributed by atoms with E-state index in [0.717, 1.165) is 22.4 Å². The lowest BCUT2D eigenvalue weighted by Gasteiger charge is -2.34. The molecule has 0 aliphatic carbocycles. The Balaban J connectivity index is 1.54. The lowest BCUT2D eigenvalue weighted by Crippen LogP contribution is -2.51. The van der Waals surface area contributed by atoms with Crippen LogP contribution < -0.4 is 5.32 Å². The molecule has 2 aromatic rings. The standard InChI is InChI=1S/C22H24FN3O2/c1-16-4-3-5-20(14-16)24-22(28)26-12-10-25(11-13-26)21(27)15-17(2)18-6-8-19(23)9-7-18/h3-9,14-15H,10-13H2,1-2H3,(H,24,28)/b17-15+. The van der Waals surface area contributed by atoms with Crippen LogP contribution in [0.1, 0.15) is 18.1 Å². The molecule has 6 heteroatoms. The summed E-state index contributed by atoms with van der Waals surface area (Å²) in [5.74, 6) is -0.400. The molecule has 0 bridgehead atoms. The highest BCUT2D eigenvalue weighted by atomic mass is 19.1. The van der Waals surface area contributed by atoms with Gasteiger partial charge in [0.1, 0.15) is 5.82 Å². The van der Waals surface area contributed by atoms with Gasteiger partial charge < -0.3 is 15.1 Å². The molecule has 0 spiro atoms. The second kappa shape index (κ2) is 8.69. The van der Waals surface area contributed by atoms with E-state index >= 15 is 0 Å². The molecule has 146 valence electrons. The Labute approximate surface area is 164 Å². The number of carbonyl (C=O) groups excluding carboxylic acids is 2. The third kappa shape index (κ3) is 4.97. The van der Waals surface area contributed by atoms with Crippen molar-refractivity contribution >= 4 is 23.2 Å². The number of benzene rings is 2. The summed E-state index contributed by atoms with van der Waals surface area (Å²) in [5.41, 5.74) is 3.44. The Morgan fingerprint density at radius 3 is 2.29 bits per heavy atom. The van der Waals surface area contributed by atoms with Crippen LogP contribution in [0.5, 0.6) is 0 Å². The fraction of sp³-hybridized carbons (Fsp3) is 0.273. The monoisotopic (exact) mass is 381 g/mol. The van der Waals surface area contributed by atoms with Crippen molar-refractivity contribution in [1.29, 1.82) is 0 Å². The number of halogens is 1. The molecule has 0 saturated carbocycles. The van der Waals surface area contributed by atoms with Crippen molar-refractivity contribution in [2.45, 2.75) is 13.8 Å². The molecule has 5 nitrogen and oxygen atoms in total. The molecule has 0 atom stereocenters. The van der Waals surface area contributed by atoms with Crippen molar-refractivity contribution in [3.8, 4) is 0 Å². The first-order chi connectivity index (χ1) is 13.4. The van der Waals surface area contributed by atoms with Gasteiger partial charge in [-0.2, -0.15) is 0 Å². The topological polar surface area (TPSA) is 52.7 Å². The number of anilines is 1. The number of nitrogens with zero attached hydrogens (tertiary/aromatic N) is 2. The molecule has 1 aliphatic rings. The van der Waals surface area contributed by atoms with E-state index in [0.29, 0.717) is 26.2 Å². The highest BCUT2D eigenvalue weighted by Crippen LogP contribution is 2.16. The van der Waals surface area contributed by atoms with Crippen molar-refractivity contribution in [1.82, 2.24) is 9.80 Å². The Morgan fingerprint density at radius 1 is 1.00 bits per heavy atom. The summed E-state index contributed by atoms with van der Waals surface area (Å²) in [7, 11) is 0. The smallest absolute Gasteiger partial charge is 0.321 e. The predicted octanol–water partition coefficient (Wildman–Crippen LogP) is 3.91. The highest BCUT2D eigenvalue weighted by molar-refractivity contribution is 5.95. The fourth-order valence-corrected chi connectivity index (χ4v) is 3.13. The van der Waals surface area contributed by atoms with Gasteiger partial charge in [0.15, 0.2) is 0 Å². The van der Waals surface area contributed by atoms with Crippen molar-refractivity contribution in [2.24, 2.45) is 0 Å². The average molecular weight is 381 g/mol. The molecule has 2 aromatic carbocycles. The maximum absolute atomic E-state index is 13.0. The summed E-state index contributed by atoms with van der Waals surface area (Å²) < 4.78 is 13.0. The molecule has 3 amide bonds. The number of piperazine rings is 1. The summed E-state index contributed by atoms with van der Waals surface area (Å²) in [6.07, 6.45) is 1.57. The minimum atomic E-state index is -0.303. The number of carbonyl (C=O) groups is 2. The predicted molar refractivity (Wildman–Crippen MR) is 108 cm³/mol. The molecule has 0 unspecified atom stereocenters. The van der Waals surface area contributed by atoms with E-state index in [4.69, 9.17) is 0 Å². The molecule has 1 aliphatic heterocycles. The maximum atomic E-state index is 13.0. The lowest BCUT2D eigenvalue weighted by molar-refractivity contribution is -0.127. The Kier molecular flexibility index (Phi) is 6.09. The van der Waals surface area contributed by atoms with Crippen molar-refractivity contribution in [2.75, 3.05) is 31.5 Å². The van der Waals surface area contributed by atoms with Crippen LogP contribution in [0.4, 0.5) is 14.9 Å². The molecule has 1 N–H and O–H groups in total. The summed E-state index contributed by atoms with van der Waals surface area (Å²) in [4.78, 5) is 28.4. The van der Waals surface area contributed by atoms with E-state index in [1.807, 2.05) is 38.1 Å². The van der Waals surface area contributed by atoms with Gasteiger partial charge in [-0.15, -0.1) is 0 Å². The number of hydrogen-bond donors (Lipinski definition) is 1. The van der Waals surface area contributed by atoms with Crippen LogP contribution in [0.25, 0.3) is 5.57 Å². The second-order valence-corrected chi connectivity index (χ2v) is 6.95. The number of hydrogen-bond acceptors (Lipinski definition) is 2. The maximum Gasteiger partial charge on any atom is 0.321 e. The van der Waals surface area contributed by atoms with Crippen LogP contribution in [-0.4, -0.2) is 47.9 Å². The number of nitrogens with one attached hydrogen (secondary N) is 1. The van der Waals surface area contributed by atoms with E-state index < -0.39 is 0 Å². The number of urea groups is 1. The third-order valence-electron chi connectivity index (χ3n) is 4.79. The molecule has 0 radical (unpaired) electrons. The van der Waals surface area contributed by atoms with E-state index in [9.17, 15) is 14.0 Å². The zero-order valence-electron chi connectivity index (χ0n) is 16.1. The van der Waals surface area contributed by atoms with Crippen LogP contribution in [0.15, 0.2) is 54.6 Å². The first-order valence-corrected chi connectivity index (χ1v) is 9.28. The minimum absolute atomic E-state index is 0.0967. The SMILES string of the molecule is C/C(=C\C(=O)N1CCN(C(=O)Nc2cccc(C)c2)CC1)c1ccc(F)cc1. The fourth-order valence-electron chi connectivity index (χ4n) is 3.13. The zero-order chi connectivity index (χ0) is 20.1. The molecule has 3 rings (SSSR count). The second-order valence-electron chi connectivity index (χ2n) is 6.95. The van der Waals surface area contributed by atoms with Gasteiger partial charge in [-0.3, -0.25) is 4.79 Å². The Hall–Kier alpha value is -3.15. The summed E-state index contributed by atoms with van der Waals surface area (Å²) in [6.45, 7) is 5.72. The summed E-state index contributed by atoms with van der Waals surface area (Å²) in [6, 6.07) is 13.6. The van der Waals surface area contributed by atoms with Crippen molar-refractivity contribution in [3.05, 3.63) is 71.6 Å². The molecule has 0 aromatic heterocycles. The van der Waals surface area contributed by atoms with E-state index in [2.05, 4.69) is 5.32 Å². The molecular weight excluding hydrogens is 357 g/mol. The van der Waals surface area contributed by atoms with Crippen LogP contribution in [0, 0.1) is 12.7 Å². The Morgan fingerprint density at radius 2 is 1.64 bits per heavy atom. The number of amides is 3. The van der Waals surface area contributed by atoms with Gasteiger partial charge in [0.05, 0.1) is 0 Å². The van der Waals surface area contributed by atoms with Gasteiger partial charge in [0.25, 0.3) is 0 Å². The summed E-state index contributed by atoms with van der Waals surface area (Å²) >= 11 is 0. The normalized spacial score (nSPS) is 14.8. The quantitative estimate of drug-likeness (QED) is 0.820. The molecule has 1 saturated heterocycles. The van der Waals surface area contributed by atoms with Gasteiger partial charge >= 0.3 is 6.03 Å². The third-order valence-corrected chi connectivity index (χ3v) is 4.79. The van der Waals surface area contributed by atoms with Gasteiger partial charge in [-0.25, -0.2) is 9.18 Å². The van der Waals surface area contributed by atoms with Crippen LogP contribution >= 0.6 is 0 Å². The lowest BCUT2D eigenvalue weighted by atomic mass is 10.1. The van der Waals surface area contributed by atoms with Gasteiger partial charge in [0, 0.05) is 37.9 Å². The van der Waals surface area contributed by atoms with Gasteiger partial charge in [-0.1, -0.05) is 24.3 Å². The largest absolute Gasteiger partial charge is 0.336 e.